The first-order valence-corrected chi connectivity index (χ1v) is 2.75. The second kappa shape index (κ2) is 2.07. The van der Waals surface area contributed by atoms with Gasteiger partial charge in [-0.25, -0.2) is 0 Å². The van der Waals surface area contributed by atoms with E-state index in [1.54, 1.807) is 6.29 Å². The van der Waals surface area contributed by atoms with Crippen molar-refractivity contribution in [2.24, 2.45) is 5.92 Å². The van der Waals surface area contributed by atoms with Crippen LogP contribution in [0.5, 0.6) is 0 Å². The largest absolute Gasteiger partial charge is 0.299 e. The Morgan fingerprint density at radius 2 is 2.38 bits per heavy atom. The van der Waals surface area contributed by atoms with Gasteiger partial charge in [0.1, 0.15) is 5.78 Å². The molecule has 0 aromatic rings. The summed E-state index contributed by atoms with van der Waals surface area (Å²) >= 11 is 0. The summed E-state index contributed by atoms with van der Waals surface area (Å²) in [6, 6.07) is 0. The van der Waals surface area contributed by atoms with Gasteiger partial charge in [-0.05, 0) is 12.8 Å². The van der Waals surface area contributed by atoms with Gasteiger partial charge in [0.2, 0.25) is 6.29 Å². The van der Waals surface area contributed by atoms with E-state index in [-0.39, 0.29) is 11.7 Å². The molecule has 1 aliphatic carbocycles. The molecule has 1 atom stereocenters. The van der Waals surface area contributed by atoms with Crippen molar-refractivity contribution in [3.8, 4) is 0 Å². The van der Waals surface area contributed by atoms with Crippen molar-refractivity contribution in [1.82, 2.24) is 0 Å². The number of carbonyl (C=O) groups is 1. The lowest BCUT2D eigenvalue weighted by molar-refractivity contribution is -0.118. The Morgan fingerprint density at radius 1 is 1.62 bits per heavy atom. The number of rotatable bonds is 1. The Hall–Kier alpha value is -0.660. The standard InChI is InChI=1S/C6H7O2/c7-4-5-2-1-3-6(5)8/h5H,1-3H2. The van der Waals surface area contributed by atoms with Crippen LogP contribution in [-0.4, -0.2) is 12.1 Å². The molecule has 43 valence electrons. The summed E-state index contributed by atoms with van der Waals surface area (Å²) in [6.45, 7) is 0. The number of carbonyl (C=O) groups excluding carboxylic acids is 2. The van der Waals surface area contributed by atoms with Crippen LogP contribution in [0.4, 0.5) is 0 Å². The molecule has 0 amide bonds. The lowest BCUT2D eigenvalue weighted by Gasteiger charge is -1.88. The van der Waals surface area contributed by atoms with E-state index in [2.05, 4.69) is 0 Å². The van der Waals surface area contributed by atoms with Crippen molar-refractivity contribution < 1.29 is 9.59 Å². The van der Waals surface area contributed by atoms with Crippen LogP contribution in [0.3, 0.4) is 0 Å². The van der Waals surface area contributed by atoms with Crippen LogP contribution in [0.25, 0.3) is 0 Å². The molecule has 1 saturated carbocycles. The molecule has 0 N–H and O–H groups in total. The molecule has 0 bridgehead atoms. The van der Waals surface area contributed by atoms with E-state index in [0.717, 1.165) is 12.8 Å². The highest BCUT2D eigenvalue weighted by Gasteiger charge is 2.23. The van der Waals surface area contributed by atoms with Crippen LogP contribution in [0.15, 0.2) is 0 Å². The van der Waals surface area contributed by atoms with Gasteiger partial charge in [0.05, 0.1) is 5.92 Å². The van der Waals surface area contributed by atoms with Gasteiger partial charge in [-0.2, -0.15) is 0 Å². The highest BCUT2D eigenvalue weighted by atomic mass is 16.1. The quantitative estimate of drug-likeness (QED) is 0.461. The van der Waals surface area contributed by atoms with Gasteiger partial charge in [-0.3, -0.25) is 9.59 Å². The van der Waals surface area contributed by atoms with Crippen LogP contribution in [0.2, 0.25) is 0 Å². The van der Waals surface area contributed by atoms with Crippen molar-refractivity contribution in [2.75, 3.05) is 0 Å². The van der Waals surface area contributed by atoms with E-state index in [4.69, 9.17) is 0 Å². The summed E-state index contributed by atoms with van der Waals surface area (Å²) in [5.74, 6) is -0.310. The zero-order valence-electron chi connectivity index (χ0n) is 4.52. The molecule has 8 heavy (non-hydrogen) atoms. The summed E-state index contributed by atoms with van der Waals surface area (Å²) in [6.07, 6.45) is 3.90. The summed E-state index contributed by atoms with van der Waals surface area (Å²) in [5.41, 5.74) is 0. The molecule has 0 saturated heterocycles. The lowest BCUT2D eigenvalue weighted by atomic mass is 10.1. The lowest BCUT2D eigenvalue weighted by Crippen LogP contribution is -2.06. The normalized spacial score (nSPS) is 28.5. The first-order chi connectivity index (χ1) is 3.84. The van der Waals surface area contributed by atoms with E-state index in [1.165, 1.54) is 0 Å². The summed E-state index contributed by atoms with van der Waals surface area (Å²) in [5, 5.41) is 0. The van der Waals surface area contributed by atoms with Crippen LogP contribution in [-0.2, 0) is 9.59 Å². The van der Waals surface area contributed by atoms with Crippen molar-refractivity contribution in [1.29, 1.82) is 0 Å². The zero-order valence-corrected chi connectivity index (χ0v) is 4.52. The van der Waals surface area contributed by atoms with E-state index in [0.29, 0.717) is 6.42 Å². The third-order valence-corrected chi connectivity index (χ3v) is 1.45. The summed E-state index contributed by atoms with van der Waals surface area (Å²) < 4.78 is 0. The maximum atomic E-state index is 10.5. The fraction of sp³-hybridized carbons (Fsp3) is 0.667. The van der Waals surface area contributed by atoms with E-state index < -0.39 is 0 Å². The molecule has 1 unspecified atom stereocenters. The molecule has 1 radical (unpaired) electrons. The molecular weight excluding hydrogens is 104 g/mol. The van der Waals surface area contributed by atoms with Gasteiger partial charge in [0, 0.05) is 6.42 Å². The molecule has 2 nitrogen and oxygen atoms in total. The molecule has 1 rings (SSSR count). The fourth-order valence-electron chi connectivity index (χ4n) is 0.940. The second-order valence-electron chi connectivity index (χ2n) is 2.03. The molecule has 0 aromatic heterocycles. The first-order valence-electron chi connectivity index (χ1n) is 2.75. The minimum atomic E-state index is -0.380. The Kier molecular flexibility index (Phi) is 1.42. The third-order valence-electron chi connectivity index (χ3n) is 1.45. The Morgan fingerprint density at radius 3 is 2.62 bits per heavy atom. The molecule has 0 spiro atoms. The maximum Gasteiger partial charge on any atom is 0.209 e. The molecule has 2 heteroatoms. The number of ketones is 1. The number of hydrogen-bond donors (Lipinski definition) is 0. The Labute approximate surface area is 47.9 Å². The highest BCUT2D eigenvalue weighted by Crippen LogP contribution is 2.18. The van der Waals surface area contributed by atoms with E-state index >= 15 is 0 Å². The topological polar surface area (TPSA) is 34.1 Å². The Bertz CT molecular complexity index is 118. The van der Waals surface area contributed by atoms with E-state index in [1.807, 2.05) is 0 Å². The maximum absolute atomic E-state index is 10.5. The smallest absolute Gasteiger partial charge is 0.209 e. The molecule has 1 aliphatic rings. The van der Waals surface area contributed by atoms with Crippen molar-refractivity contribution in [3.05, 3.63) is 0 Å². The highest BCUT2D eigenvalue weighted by molar-refractivity contribution is 5.94. The average molecular weight is 111 g/mol. The van der Waals surface area contributed by atoms with Gasteiger partial charge in [-0.15, -0.1) is 0 Å². The van der Waals surface area contributed by atoms with Crippen molar-refractivity contribution in [3.63, 3.8) is 0 Å². The number of hydrogen-bond acceptors (Lipinski definition) is 2. The van der Waals surface area contributed by atoms with Crippen molar-refractivity contribution in [2.45, 2.75) is 19.3 Å². The molecule has 0 aliphatic heterocycles. The predicted molar refractivity (Wildman–Crippen MR) is 28.0 cm³/mol. The van der Waals surface area contributed by atoms with Crippen LogP contribution in [0, 0.1) is 5.92 Å². The predicted octanol–water partition coefficient (Wildman–Crippen LogP) is 0.465. The first kappa shape index (κ1) is 5.48. The van der Waals surface area contributed by atoms with Gasteiger partial charge >= 0.3 is 0 Å². The monoisotopic (exact) mass is 111 g/mol. The minimum Gasteiger partial charge on any atom is -0.299 e. The molecular formula is C6H7O2. The third kappa shape index (κ3) is 0.782. The Balaban J connectivity index is 2.54. The van der Waals surface area contributed by atoms with Gasteiger partial charge in [-0.1, -0.05) is 0 Å². The summed E-state index contributed by atoms with van der Waals surface area (Å²) in [7, 11) is 0. The second-order valence-corrected chi connectivity index (χ2v) is 2.03. The van der Waals surface area contributed by atoms with Crippen molar-refractivity contribution >= 4 is 12.1 Å². The summed E-state index contributed by atoms with van der Waals surface area (Å²) in [4.78, 5) is 20.4. The SMILES string of the molecule is O=[C]C1CCCC1=O. The van der Waals surface area contributed by atoms with Gasteiger partial charge in [0.15, 0.2) is 0 Å². The average Bonchev–Trinajstić information content (AvgIpc) is 2.14. The zero-order chi connectivity index (χ0) is 5.98. The fourth-order valence-corrected chi connectivity index (χ4v) is 0.940. The van der Waals surface area contributed by atoms with E-state index in [9.17, 15) is 9.59 Å². The molecule has 1 fully saturated rings. The van der Waals surface area contributed by atoms with Gasteiger partial charge < -0.3 is 0 Å². The molecule has 0 aromatic carbocycles. The van der Waals surface area contributed by atoms with Gasteiger partial charge in [0.25, 0.3) is 0 Å². The van der Waals surface area contributed by atoms with Crippen LogP contribution in [0.1, 0.15) is 19.3 Å². The molecule has 0 heterocycles. The number of Topliss-reactive ketones (excluding diaryl/α,β-unsaturated/α-hetero) is 1. The minimum absolute atomic E-state index is 0.0694. The van der Waals surface area contributed by atoms with Crippen LogP contribution >= 0.6 is 0 Å². The van der Waals surface area contributed by atoms with Crippen LogP contribution < -0.4 is 0 Å².